The molecule has 7 nitrogen and oxygen atoms in total. The summed E-state index contributed by atoms with van der Waals surface area (Å²) in [5, 5.41) is 0. The first-order chi connectivity index (χ1) is 13.5. The van der Waals surface area contributed by atoms with Gasteiger partial charge in [0.2, 0.25) is 0 Å². The number of hydrogen-bond acceptors (Lipinski definition) is 6. The van der Waals surface area contributed by atoms with Crippen LogP contribution in [0.15, 0.2) is 42.5 Å². The lowest BCUT2D eigenvalue weighted by molar-refractivity contribution is -0.133. The lowest BCUT2D eigenvalue weighted by Gasteiger charge is -2.19. The third-order valence-corrected chi connectivity index (χ3v) is 4.05. The van der Waals surface area contributed by atoms with Crippen molar-refractivity contribution in [2.24, 2.45) is 0 Å². The zero-order chi connectivity index (χ0) is 20.5. The van der Waals surface area contributed by atoms with Gasteiger partial charge in [-0.3, -0.25) is 4.79 Å². The Labute approximate surface area is 164 Å². The Bertz CT molecular complexity index is 820. The van der Waals surface area contributed by atoms with Crippen molar-refractivity contribution in [2.75, 3.05) is 34.5 Å². The average molecular weight is 387 g/mol. The molecule has 0 aliphatic carbocycles. The maximum Gasteiger partial charge on any atom is 0.338 e. The molecule has 0 heterocycles. The highest BCUT2D eigenvalue weighted by Crippen LogP contribution is 2.28. The lowest BCUT2D eigenvalue weighted by Crippen LogP contribution is -2.31. The van der Waals surface area contributed by atoms with Gasteiger partial charge in [-0.1, -0.05) is 18.2 Å². The van der Waals surface area contributed by atoms with E-state index < -0.39 is 5.97 Å². The molecule has 0 aliphatic rings. The van der Waals surface area contributed by atoms with E-state index in [4.69, 9.17) is 18.9 Å². The van der Waals surface area contributed by atoms with E-state index in [0.29, 0.717) is 30.4 Å². The van der Waals surface area contributed by atoms with Crippen molar-refractivity contribution in [1.82, 2.24) is 4.90 Å². The summed E-state index contributed by atoms with van der Waals surface area (Å²) >= 11 is 0. The summed E-state index contributed by atoms with van der Waals surface area (Å²) in [6.45, 7) is 2.25. The topological polar surface area (TPSA) is 74.3 Å². The van der Waals surface area contributed by atoms with Crippen LogP contribution in [0, 0.1) is 0 Å². The number of carbonyl (C=O) groups is 2. The van der Waals surface area contributed by atoms with Crippen LogP contribution in [0.25, 0.3) is 0 Å². The number of ether oxygens (including phenoxy) is 4. The molecule has 0 atom stereocenters. The third-order valence-electron chi connectivity index (χ3n) is 4.05. The Hall–Kier alpha value is -3.22. The van der Waals surface area contributed by atoms with Gasteiger partial charge in [-0.25, -0.2) is 4.79 Å². The van der Waals surface area contributed by atoms with Crippen molar-refractivity contribution in [3.05, 3.63) is 53.6 Å². The molecule has 0 N–H and O–H groups in total. The fraction of sp³-hybridized carbons (Fsp3) is 0.333. The number of likely N-dealkylation sites (N-methyl/N-ethyl adjacent to an activating group) is 1. The fourth-order valence-corrected chi connectivity index (χ4v) is 2.57. The second-order valence-corrected chi connectivity index (χ2v) is 5.94. The Morgan fingerprint density at radius 3 is 2.36 bits per heavy atom. The van der Waals surface area contributed by atoms with Gasteiger partial charge in [-0.05, 0) is 31.2 Å². The molecule has 2 aromatic rings. The first-order valence-corrected chi connectivity index (χ1v) is 8.84. The molecule has 7 heteroatoms. The number of rotatable bonds is 9. The predicted octanol–water partition coefficient (Wildman–Crippen LogP) is 2.92. The number of esters is 1. The van der Waals surface area contributed by atoms with Crippen molar-refractivity contribution >= 4 is 11.9 Å². The molecule has 0 aromatic heterocycles. The lowest BCUT2D eigenvalue weighted by atomic mass is 10.2. The van der Waals surface area contributed by atoms with Gasteiger partial charge in [-0.2, -0.15) is 0 Å². The highest BCUT2D eigenvalue weighted by atomic mass is 16.5. The van der Waals surface area contributed by atoms with Crippen LogP contribution in [-0.4, -0.2) is 51.3 Å². The molecule has 0 saturated carbocycles. The number of hydrogen-bond donors (Lipinski definition) is 0. The van der Waals surface area contributed by atoms with Gasteiger partial charge in [0.25, 0.3) is 5.91 Å². The number of methoxy groups -OCH3 is 2. The van der Waals surface area contributed by atoms with E-state index in [2.05, 4.69) is 0 Å². The fourth-order valence-electron chi connectivity index (χ4n) is 2.57. The van der Waals surface area contributed by atoms with E-state index in [0.717, 1.165) is 5.56 Å². The summed E-state index contributed by atoms with van der Waals surface area (Å²) in [4.78, 5) is 26.1. The van der Waals surface area contributed by atoms with E-state index in [9.17, 15) is 9.59 Å². The van der Waals surface area contributed by atoms with Gasteiger partial charge in [0.1, 0.15) is 5.75 Å². The second-order valence-electron chi connectivity index (χ2n) is 5.94. The van der Waals surface area contributed by atoms with Crippen molar-refractivity contribution in [1.29, 1.82) is 0 Å². The highest BCUT2D eigenvalue weighted by Gasteiger charge is 2.17. The Morgan fingerprint density at radius 1 is 0.964 bits per heavy atom. The molecule has 0 unspecified atom stereocenters. The van der Waals surface area contributed by atoms with Gasteiger partial charge in [0, 0.05) is 19.2 Å². The van der Waals surface area contributed by atoms with Crippen LogP contribution in [0.5, 0.6) is 17.2 Å². The van der Waals surface area contributed by atoms with E-state index >= 15 is 0 Å². The largest absolute Gasteiger partial charge is 0.496 e. The molecule has 0 bridgehead atoms. The first kappa shape index (κ1) is 21.1. The number of amides is 1. The highest BCUT2D eigenvalue weighted by molar-refractivity contribution is 5.92. The molecule has 0 radical (unpaired) electrons. The molecule has 0 saturated heterocycles. The van der Waals surface area contributed by atoms with Crippen LogP contribution in [0.4, 0.5) is 0 Å². The summed E-state index contributed by atoms with van der Waals surface area (Å²) in [5.41, 5.74) is 1.15. The summed E-state index contributed by atoms with van der Waals surface area (Å²) < 4.78 is 21.1. The van der Waals surface area contributed by atoms with Crippen molar-refractivity contribution in [3.8, 4) is 17.2 Å². The van der Waals surface area contributed by atoms with Crippen LogP contribution >= 0.6 is 0 Å². The van der Waals surface area contributed by atoms with E-state index in [1.165, 1.54) is 18.1 Å². The molecule has 0 spiro atoms. The van der Waals surface area contributed by atoms with Crippen molar-refractivity contribution in [3.63, 3.8) is 0 Å². The maximum absolute atomic E-state index is 12.3. The summed E-state index contributed by atoms with van der Waals surface area (Å²) in [7, 11) is 4.74. The minimum Gasteiger partial charge on any atom is -0.496 e. The minimum absolute atomic E-state index is 0.282. The number of benzene rings is 2. The quantitative estimate of drug-likeness (QED) is 0.616. The van der Waals surface area contributed by atoms with Crippen LogP contribution in [0.3, 0.4) is 0 Å². The molecule has 2 aromatic carbocycles. The summed E-state index contributed by atoms with van der Waals surface area (Å²) in [6, 6.07) is 12.2. The first-order valence-electron chi connectivity index (χ1n) is 8.84. The maximum atomic E-state index is 12.3. The van der Waals surface area contributed by atoms with Gasteiger partial charge in [0.15, 0.2) is 18.1 Å². The van der Waals surface area contributed by atoms with Crippen LogP contribution < -0.4 is 14.2 Å². The molecule has 28 heavy (non-hydrogen) atoms. The summed E-state index contributed by atoms with van der Waals surface area (Å²) in [6.07, 6.45) is 0. The van der Waals surface area contributed by atoms with E-state index in [-0.39, 0.29) is 18.1 Å². The Balaban J connectivity index is 1.96. The standard InChI is InChI=1S/C21H25NO6/c1-5-27-19-12-15(10-11-18(19)26-4)21(24)28-14-20(23)22(2)13-16-8-6-7-9-17(16)25-3/h6-12H,5,13-14H2,1-4H3. The molecule has 2 rings (SSSR count). The second kappa shape index (κ2) is 10.2. The molecule has 1 amide bonds. The number of nitrogens with zero attached hydrogens (tertiary/aromatic N) is 1. The third kappa shape index (κ3) is 5.39. The van der Waals surface area contributed by atoms with E-state index in [1.807, 2.05) is 31.2 Å². The summed E-state index contributed by atoms with van der Waals surface area (Å²) in [5.74, 6) is 0.728. The van der Waals surface area contributed by atoms with Gasteiger partial charge in [0.05, 0.1) is 26.4 Å². The van der Waals surface area contributed by atoms with Crippen molar-refractivity contribution in [2.45, 2.75) is 13.5 Å². The molecule has 0 fully saturated rings. The zero-order valence-corrected chi connectivity index (χ0v) is 16.6. The van der Waals surface area contributed by atoms with Gasteiger partial charge < -0.3 is 23.8 Å². The number of para-hydroxylation sites is 1. The zero-order valence-electron chi connectivity index (χ0n) is 16.6. The predicted molar refractivity (Wildman–Crippen MR) is 104 cm³/mol. The van der Waals surface area contributed by atoms with Gasteiger partial charge in [-0.15, -0.1) is 0 Å². The molecular weight excluding hydrogens is 362 g/mol. The van der Waals surface area contributed by atoms with E-state index in [1.54, 1.807) is 26.3 Å². The Morgan fingerprint density at radius 2 is 1.68 bits per heavy atom. The number of carbonyl (C=O) groups excluding carboxylic acids is 2. The van der Waals surface area contributed by atoms with Crippen LogP contribution in [0.2, 0.25) is 0 Å². The molecular formula is C21H25NO6. The molecule has 150 valence electrons. The van der Waals surface area contributed by atoms with Crippen molar-refractivity contribution < 1.29 is 28.5 Å². The average Bonchev–Trinajstić information content (AvgIpc) is 2.72. The minimum atomic E-state index is -0.609. The smallest absolute Gasteiger partial charge is 0.338 e. The molecule has 0 aliphatic heterocycles. The van der Waals surface area contributed by atoms with Crippen LogP contribution in [0.1, 0.15) is 22.8 Å². The van der Waals surface area contributed by atoms with Crippen LogP contribution in [-0.2, 0) is 16.1 Å². The SMILES string of the molecule is CCOc1cc(C(=O)OCC(=O)N(C)Cc2ccccc2OC)ccc1OC. The Kier molecular flexibility index (Phi) is 7.68. The van der Waals surface area contributed by atoms with Gasteiger partial charge >= 0.3 is 5.97 Å². The normalized spacial score (nSPS) is 10.1. The monoisotopic (exact) mass is 387 g/mol.